The van der Waals surface area contributed by atoms with Gasteiger partial charge in [0.15, 0.2) is 0 Å². The Balaban J connectivity index is 1.62. The summed E-state index contributed by atoms with van der Waals surface area (Å²) in [6, 6.07) is 44.7. The maximum absolute atomic E-state index is 5.95. The van der Waals surface area contributed by atoms with E-state index in [1.165, 1.54) is 22.3 Å². The van der Waals surface area contributed by atoms with E-state index in [1.54, 1.807) is 7.11 Å². The van der Waals surface area contributed by atoms with Crippen LogP contribution < -0.4 is 9.64 Å². The molecule has 0 amide bonds. The lowest BCUT2D eigenvalue weighted by Gasteiger charge is -2.26. The first-order valence-corrected chi connectivity index (χ1v) is 12.6. The number of anilines is 3. The lowest BCUT2D eigenvalue weighted by Crippen LogP contribution is -2.10. The van der Waals surface area contributed by atoms with Crippen molar-refractivity contribution >= 4 is 28.7 Å². The minimum Gasteiger partial charge on any atom is -0.496 e. The van der Waals surface area contributed by atoms with Crippen molar-refractivity contribution in [2.24, 2.45) is 0 Å². The van der Waals surface area contributed by atoms with Crippen molar-refractivity contribution in [3.63, 3.8) is 0 Å². The molecular formula is C35H31NO. The predicted octanol–water partition coefficient (Wildman–Crippen LogP) is 9.37. The summed E-state index contributed by atoms with van der Waals surface area (Å²) in [7, 11) is 1.74. The lowest BCUT2D eigenvalue weighted by molar-refractivity contribution is 0.414. The van der Waals surface area contributed by atoms with Crippen LogP contribution in [-0.4, -0.2) is 7.11 Å². The molecule has 0 heterocycles. The molecule has 0 aliphatic carbocycles. The third-order valence-electron chi connectivity index (χ3n) is 6.53. The smallest absolute Gasteiger partial charge is 0.128 e. The second-order valence-electron chi connectivity index (χ2n) is 9.22. The molecule has 0 fully saturated rings. The molecule has 0 aliphatic rings. The summed E-state index contributed by atoms with van der Waals surface area (Å²) in [5.41, 5.74) is 10.2. The number of benzene rings is 5. The van der Waals surface area contributed by atoms with Crippen molar-refractivity contribution in [1.29, 1.82) is 0 Å². The molecule has 0 unspecified atom stereocenters. The van der Waals surface area contributed by atoms with Crippen LogP contribution in [0.15, 0.2) is 127 Å². The van der Waals surface area contributed by atoms with Gasteiger partial charge < -0.3 is 9.64 Å². The Morgan fingerprint density at radius 1 is 0.568 bits per heavy atom. The van der Waals surface area contributed by atoms with Crippen molar-refractivity contribution in [3.8, 4) is 5.75 Å². The van der Waals surface area contributed by atoms with E-state index >= 15 is 0 Å². The molecule has 0 atom stereocenters. The van der Waals surface area contributed by atoms with Gasteiger partial charge in [0.2, 0.25) is 0 Å². The molecule has 5 aromatic rings. The number of methoxy groups -OCH3 is 1. The van der Waals surface area contributed by atoms with Crippen molar-refractivity contribution in [2.45, 2.75) is 13.8 Å². The van der Waals surface area contributed by atoms with Gasteiger partial charge in [-0.25, -0.2) is 0 Å². The van der Waals surface area contributed by atoms with Crippen LogP contribution in [0.2, 0.25) is 0 Å². The van der Waals surface area contributed by atoms with Crippen LogP contribution in [0, 0.1) is 13.8 Å². The van der Waals surface area contributed by atoms with Gasteiger partial charge in [-0.05, 0) is 73.0 Å². The first kappa shape index (κ1) is 24.1. The van der Waals surface area contributed by atoms with Gasteiger partial charge in [-0.1, -0.05) is 96.1 Å². The first-order valence-electron chi connectivity index (χ1n) is 12.6. The molecule has 5 aromatic carbocycles. The van der Waals surface area contributed by atoms with Crippen LogP contribution in [0.4, 0.5) is 17.1 Å². The van der Waals surface area contributed by atoms with Crippen LogP contribution in [0.5, 0.6) is 5.75 Å². The number of rotatable bonds is 7. The number of hydrogen-bond donors (Lipinski definition) is 0. The second-order valence-corrected chi connectivity index (χ2v) is 9.22. The van der Waals surface area contributed by atoms with Crippen LogP contribution in [-0.2, 0) is 0 Å². The summed E-state index contributed by atoms with van der Waals surface area (Å²) in [5, 5.41) is 0. The Morgan fingerprint density at radius 2 is 1.03 bits per heavy atom. The van der Waals surface area contributed by atoms with E-state index in [-0.39, 0.29) is 0 Å². The third-order valence-corrected chi connectivity index (χ3v) is 6.53. The van der Waals surface area contributed by atoms with Gasteiger partial charge in [-0.15, -0.1) is 0 Å². The van der Waals surface area contributed by atoms with E-state index in [0.29, 0.717) is 0 Å². The standard InChI is InChI=1S/C35H31NO/c1-26-14-19-31(20-15-26)36(32-21-16-27(2)17-22-32)33-23-18-30(35(25-33)37-3)24-34(28-10-6-4-7-11-28)29-12-8-5-9-13-29/h4-25H,1-3H3. The van der Waals surface area contributed by atoms with Gasteiger partial charge >= 0.3 is 0 Å². The highest BCUT2D eigenvalue weighted by Gasteiger charge is 2.15. The maximum atomic E-state index is 5.95. The molecule has 0 spiro atoms. The summed E-state index contributed by atoms with van der Waals surface area (Å²) >= 11 is 0. The van der Waals surface area contributed by atoms with Crippen LogP contribution >= 0.6 is 0 Å². The maximum Gasteiger partial charge on any atom is 0.128 e. The molecule has 0 aromatic heterocycles. The highest BCUT2D eigenvalue weighted by atomic mass is 16.5. The number of nitrogens with zero attached hydrogens (tertiary/aromatic N) is 1. The predicted molar refractivity (Wildman–Crippen MR) is 157 cm³/mol. The SMILES string of the molecule is COc1cc(N(c2ccc(C)cc2)c2ccc(C)cc2)ccc1C=C(c1ccccc1)c1ccccc1. The quantitative estimate of drug-likeness (QED) is 0.215. The minimum atomic E-state index is 0.825. The average Bonchev–Trinajstić information content (AvgIpc) is 2.95. The zero-order chi connectivity index (χ0) is 25.6. The molecule has 0 bridgehead atoms. The van der Waals surface area contributed by atoms with Gasteiger partial charge in [-0.3, -0.25) is 0 Å². The molecular weight excluding hydrogens is 450 g/mol. The number of aryl methyl sites for hydroxylation is 2. The third kappa shape index (κ3) is 5.49. The fraction of sp³-hybridized carbons (Fsp3) is 0.0857. The molecule has 2 heteroatoms. The molecule has 37 heavy (non-hydrogen) atoms. The number of hydrogen-bond acceptors (Lipinski definition) is 2. The Bertz CT molecular complexity index is 1400. The van der Waals surface area contributed by atoms with Crippen molar-refractivity contribution in [2.75, 3.05) is 12.0 Å². The Labute approximate surface area is 220 Å². The van der Waals surface area contributed by atoms with Gasteiger partial charge in [0.25, 0.3) is 0 Å². The summed E-state index contributed by atoms with van der Waals surface area (Å²) in [5.74, 6) is 0.825. The lowest BCUT2D eigenvalue weighted by atomic mass is 9.95. The van der Waals surface area contributed by atoms with Crippen molar-refractivity contribution in [3.05, 3.63) is 155 Å². The monoisotopic (exact) mass is 481 g/mol. The molecule has 0 N–H and O–H groups in total. The Morgan fingerprint density at radius 3 is 1.49 bits per heavy atom. The summed E-state index contributed by atoms with van der Waals surface area (Å²) < 4.78 is 5.95. The molecule has 0 saturated heterocycles. The Kier molecular flexibility index (Phi) is 7.19. The summed E-state index contributed by atoms with van der Waals surface area (Å²) in [6.07, 6.45) is 2.22. The second kappa shape index (κ2) is 11.0. The molecule has 0 saturated carbocycles. The van der Waals surface area contributed by atoms with Gasteiger partial charge in [0, 0.05) is 28.7 Å². The molecule has 182 valence electrons. The van der Waals surface area contributed by atoms with Crippen LogP contribution in [0.25, 0.3) is 11.6 Å². The topological polar surface area (TPSA) is 12.5 Å². The van der Waals surface area contributed by atoms with E-state index in [9.17, 15) is 0 Å². The zero-order valence-corrected chi connectivity index (χ0v) is 21.6. The Hall–Kier alpha value is -4.56. The minimum absolute atomic E-state index is 0.825. The highest BCUT2D eigenvalue weighted by Crippen LogP contribution is 2.38. The van der Waals surface area contributed by atoms with Gasteiger partial charge in [0.05, 0.1) is 7.11 Å². The fourth-order valence-electron chi connectivity index (χ4n) is 4.52. The van der Waals surface area contributed by atoms with Crippen LogP contribution in [0.3, 0.4) is 0 Å². The largest absolute Gasteiger partial charge is 0.496 e. The van der Waals surface area contributed by atoms with E-state index < -0.39 is 0 Å². The normalized spacial score (nSPS) is 10.6. The molecule has 0 aliphatic heterocycles. The molecule has 2 nitrogen and oxygen atoms in total. The van der Waals surface area contributed by atoms with Gasteiger partial charge in [0.1, 0.15) is 5.75 Å². The average molecular weight is 482 g/mol. The zero-order valence-electron chi connectivity index (χ0n) is 21.6. The van der Waals surface area contributed by atoms with E-state index in [0.717, 1.165) is 33.9 Å². The molecule has 5 rings (SSSR count). The molecule has 0 radical (unpaired) electrons. The van der Waals surface area contributed by atoms with Gasteiger partial charge in [-0.2, -0.15) is 0 Å². The van der Waals surface area contributed by atoms with Crippen LogP contribution in [0.1, 0.15) is 27.8 Å². The highest BCUT2D eigenvalue weighted by molar-refractivity contribution is 5.93. The fourth-order valence-corrected chi connectivity index (χ4v) is 4.52. The summed E-state index contributed by atoms with van der Waals surface area (Å²) in [6.45, 7) is 4.22. The van der Waals surface area contributed by atoms with E-state index in [1.807, 2.05) is 12.1 Å². The number of ether oxygens (including phenoxy) is 1. The van der Waals surface area contributed by atoms with Crippen molar-refractivity contribution < 1.29 is 4.74 Å². The first-order chi connectivity index (χ1) is 18.1. The van der Waals surface area contributed by atoms with Crippen molar-refractivity contribution in [1.82, 2.24) is 0 Å². The van der Waals surface area contributed by atoms with E-state index in [2.05, 4.69) is 140 Å². The summed E-state index contributed by atoms with van der Waals surface area (Å²) in [4.78, 5) is 2.27. The van der Waals surface area contributed by atoms with E-state index in [4.69, 9.17) is 4.74 Å².